The number of nitrogens with zero attached hydrogens (tertiary/aromatic N) is 1. The van der Waals surface area contributed by atoms with Crippen molar-refractivity contribution in [3.05, 3.63) is 53.6 Å². The fourth-order valence-corrected chi connectivity index (χ4v) is 2.50. The van der Waals surface area contributed by atoms with E-state index in [1.807, 2.05) is 30.3 Å². The van der Waals surface area contributed by atoms with Crippen LogP contribution in [0.3, 0.4) is 0 Å². The molecular formula is C22H28N2O4. The number of carbonyl (C=O) groups excluding carboxylic acids is 1. The molecule has 1 N–H and O–H groups in total. The minimum absolute atomic E-state index is 0.0757. The van der Waals surface area contributed by atoms with Crippen LogP contribution in [0.15, 0.2) is 47.6 Å². The molecule has 0 spiro atoms. The van der Waals surface area contributed by atoms with Crippen LogP contribution in [-0.2, 0) is 10.2 Å². The Labute approximate surface area is 166 Å². The summed E-state index contributed by atoms with van der Waals surface area (Å²) in [7, 11) is 3.15. The molecule has 2 rings (SSSR count). The third-order valence-electron chi connectivity index (χ3n) is 4.24. The number of amides is 1. The van der Waals surface area contributed by atoms with Crippen molar-refractivity contribution in [1.29, 1.82) is 0 Å². The molecule has 1 amide bonds. The van der Waals surface area contributed by atoms with Crippen LogP contribution >= 0.6 is 0 Å². The topological polar surface area (TPSA) is 69.2 Å². The summed E-state index contributed by atoms with van der Waals surface area (Å²) in [5.41, 5.74) is 5.25. The Hall–Kier alpha value is -3.02. The SMILES string of the molecule is COc1ccc(/C(C)=N\NC(=O)COc2ccc(C(C)(C)C)cc2)cc1OC. The first kappa shape index (κ1) is 21.3. The number of rotatable bonds is 7. The van der Waals surface area contributed by atoms with E-state index in [1.54, 1.807) is 33.3 Å². The Morgan fingerprint density at radius 3 is 2.21 bits per heavy atom. The monoisotopic (exact) mass is 384 g/mol. The molecule has 28 heavy (non-hydrogen) atoms. The zero-order valence-corrected chi connectivity index (χ0v) is 17.3. The normalized spacial score (nSPS) is 11.7. The first-order chi connectivity index (χ1) is 13.2. The highest BCUT2D eigenvalue weighted by molar-refractivity contribution is 5.99. The maximum absolute atomic E-state index is 12.0. The van der Waals surface area contributed by atoms with E-state index in [0.29, 0.717) is 23.0 Å². The van der Waals surface area contributed by atoms with Gasteiger partial charge in [-0.15, -0.1) is 0 Å². The van der Waals surface area contributed by atoms with E-state index in [1.165, 1.54) is 5.56 Å². The molecule has 2 aromatic rings. The van der Waals surface area contributed by atoms with E-state index in [0.717, 1.165) is 5.56 Å². The van der Waals surface area contributed by atoms with Crippen molar-refractivity contribution < 1.29 is 19.0 Å². The lowest BCUT2D eigenvalue weighted by molar-refractivity contribution is -0.123. The third kappa shape index (κ3) is 5.74. The number of nitrogens with one attached hydrogen (secondary N) is 1. The van der Waals surface area contributed by atoms with Crippen LogP contribution in [0, 0.1) is 0 Å². The average molecular weight is 384 g/mol. The first-order valence-corrected chi connectivity index (χ1v) is 9.03. The molecule has 0 aliphatic heterocycles. The van der Waals surface area contributed by atoms with Crippen molar-refractivity contribution in [2.75, 3.05) is 20.8 Å². The lowest BCUT2D eigenvalue weighted by atomic mass is 9.87. The second-order valence-corrected chi connectivity index (χ2v) is 7.37. The summed E-state index contributed by atoms with van der Waals surface area (Å²) in [5.74, 6) is 1.54. The molecule has 0 heterocycles. The average Bonchev–Trinajstić information content (AvgIpc) is 2.69. The summed E-state index contributed by atoms with van der Waals surface area (Å²) in [4.78, 5) is 12.0. The highest BCUT2D eigenvalue weighted by Crippen LogP contribution is 2.27. The number of hydrazone groups is 1. The Morgan fingerprint density at radius 2 is 1.64 bits per heavy atom. The van der Waals surface area contributed by atoms with E-state index in [2.05, 4.69) is 31.3 Å². The summed E-state index contributed by atoms with van der Waals surface area (Å²) in [6, 6.07) is 13.2. The molecule has 2 aromatic carbocycles. The number of ether oxygens (including phenoxy) is 3. The van der Waals surface area contributed by atoms with Gasteiger partial charge in [-0.1, -0.05) is 32.9 Å². The molecule has 0 aliphatic rings. The molecule has 0 saturated carbocycles. The van der Waals surface area contributed by atoms with Crippen LogP contribution in [0.2, 0.25) is 0 Å². The largest absolute Gasteiger partial charge is 0.493 e. The van der Waals surface area contributed by atoms with Crippen molar-refractivity contribution in [1.82, 2.24) is 5.43 Å². The molecule has 6 heteroatoms. The van der Waals surface area contributed by atoms with E-state index in [4.69, 9.17) is 14.2 Å². The van der Waals surface area contributed by atoms with Crippen LogP contribution < -0.4 is 19.6 Å². The van der Waals surface area contributed by atoms with Gasteiger partial charge in [0, 0.05) is 5.56 Å². The molecule has 6 nitrogen and oxygen atoms in total. The van der Waals surface area contributed by atoms with Gasteiger partial charge in [0.05, 0.1) is 19.9 Å². The summed E-state index contributed by atoms with van der Waals surface area (Å²) >= 11 is 0. The molecule has 0 fully saturated rings. The molecule has 0 saturated heterocycles. The van der Waals surface area contributed by atoms with E-state index in [9.17, 15) is 4.79 Å². The molecular weight excluding hydrogens is 356 g/mol. The van der Waals surface area contributed by atoms with Gasteiger partial charge in [-0.2, -0.15) is 5.10 Å². The fraction of sp³-hybridized carbons (Fsp3) is 0.364. The maximum Gasteiger partial charge on any atom is 0.277 e. The molecule has 0 aliphatic carbocycles. The van der Waals surface area contributed by atoms with Gasteiger partial charge in [-0.05, 0) is 48.2 Å². The summed E-state index contributed by atoms with van der Waals surface area (Å²) in [6.07, 6.45) is 0. The van der Waals surface area contributed by atoms with Crippen molar-refractivity contribution in [3.63, 3.8) is 0 Å². The number of methoxy groups -OCH3 is 2. The fourth-order valence-electron chi connectivity index (χ4n) is 2.50. The molecule has 0 bridgehead atoms. The first-order valence-electron chi connectivity index (χ1n) is 9.03. The van der Waals surface area contributed by atoms with Gasteiger partial charge in [-0.3, -0.25) is 4.79 Å². The van der Waals surface area contributed by atoms with E-state index >= 15 is 0 Å². The van der Waals surface area contributed by atoms with Crippen molar-refractivity contribution in [3.8, 4) is 17.2 Å². The van der Waals surface area contributed by atoms with Crippen molar-refractivity contribution in [2.24, 2.45) is 5.10 Å². The number of benzene rings is 2. The van der Waals surface area contributed by atoms with E-state index in [-0.39, 0.29) is 17.9 Å². The van der Waals surface area contributed by atoms with Gasteiger partial charge in [0.25, 0.3) is 5.91 Å². The summed E-state index contributed by atoms with van der Waals surface area (Å²) in [6.45, 7) is 8.13. The van der Waals surface area contributed by atoms with Crippen LogP contribution in [-0.4, -0.2) is 32.4 Å². The van der Waals surface area contributed by atoms with Gasteiger partial charge in [0.2, 0.25) is 0 Å². The van der Waals surface area contributed by atoms with Gasteiger partial charge < -0.3 is 14.2 Å². The smallest absolute Gasteiger partial charge is 0.277 e. The predicted molar refractivity (Wildman–Crippen MR) is 111 cm³/mol. The van der Waals surface area contributed by atoms with Crippen LogP contribution in [0.5, 0.6) is 17.2 Å². The second-order valence-electron chi connectivity index (χ2n) is 7.37. The Kier molecular flexibility index (Phi) is 7.04. The highest BCUT2D eigenvalue weighted by atomic mass is 16.5. The maximum atomic E-state index is 12.0. The predicted octanol–water partition coefficient (Wildman–Crippen LogP) is 3.92. The number of hydrogen-bond acceptors (Lipinski definition) is 5. The zero-order chi connectivity index (χ0) is 20.7. The van der Waals surface area contributed by atoms with Crippen LogP contribution in [0.1, 0.15) is 38.8 Å². The molecule has 0 atom stereocenters. The molecule has 150 valence electrons. The summed E-state index contributed by atoms with van der Waals surface area (Å²) < 4.78 is 16.0. The summed E-state index contributed by atoms with van der Waals surface area (Å²) in [5, 5.41) is 4.12. The van der Waals surface area contributed by atoms with Gasteiger partial charge in [-0.25, -0.2) is 5.43 Å². The Morgan fingerprint density at radius 1 is 1.00 bits per heavy atom. The molecule has 0 aromatic heterocycles. The minimum atomic E-state index is -0.334. The highest BCUT2D eigenvalue weighted by Gasteiger charge is 2.13. The molecule has 0 radical (unpaired) electrons. The zero-order valence-electron chi connectivity index (χ0n) is 17.3. The van der Waals surface area contributed by atoms with Crippen molar-refractivity contribution in [2.45, 2.75) is 33.1 Å². The van der Waals surface area contributed by atoms with Crippen LogP contribution in [0.4, 0.5) is 0 Å². The van der Waals surface area contributed by atoms with Gasteiger partial charge in [0.1, 0.15) is 5.75 Å². The standard InChI is InChI=1S/C22H28N2O4/c1-15(16-7-12-19(26-5)20(13-16)27-6)23-24-21(25)14-28-18-10-8-17(9-11-18)22(2,3)4/h7-13H,14H2,1-6H3,(H,24,25)/b23-15-. The quantitative estimate of drug-likeness (QED) is 0.580. The third-order valence-corrected chi connectivity index (χ3v) is 4.24. The Balaban J connectivity index is 1.92. The Bertz CT molecular complexity index is 837. The van der Waals surface area contributed by atoms with Crippen molar-refractivity contribution >= 4 is 11.6 Å². The van der Waals surface area contributed by atoms with E-state index < -0.39 is 0 Å². The van der Waals surface area contributed by atoms with Gasteiger partial charge in [0.15, 0.2) is 18.1 Å². The number of hydrogen-bond donors (Lipinski definition) is 1. The lowest BCUT2D eigenvalue weighted by Gasteiger charge is -2.19. The minimum Gasteiger partial charge on any atom is -0.493 e. The van der Waals surface area contributed by atoms with Gasteiger partial charge >= 0.3 is 0 Å². The second kappa shape index (κ2) is 9.26. The number of carbonyl (C=O) groups is 1. The lowest BCUT2D eigenvalue weighted by Crippen LogP contribution is -2.25. The molecule has 0 unspecified atom stereocenters. The van der Waals surface area contributed by atoms with Crippen LogP contribution in [0.25, 0.3) is 0 Å².